The molecular formula is C11H13FN2O3. The van der Waals surface area contributed by atoms with Gasteiger partial charge in [-0.05, 0) is 24.6 Å². The van der Waals surface area contributed by atoms with E-state index in [0.29, 0.717) is 0 Å². The van der Waals surface area contributed by atoms with Gasteiger partial charge in [0.15, 0.2) is 0 Å². The van der Waals surface area contributed by atoms with Gasteiger partial charge in [-0.1, -0.05) is 6.92 Å². The number of nitrogens with one attached hydrogen (secondary N) is 1. The fourth-order valence-electron chi connectivity index (χ4n) is 1.26. The Morgan fingerprint density at radius 3 is 2.65 bits per heavy atom. The van der Waals surface area contributed by atoms with E-state index in [1.54, 1.807) is 6.92 Å². The number of rotatable bonds is 4. The van der Waals surface area contributed by atoms with Crippen LogP contribution in [0.15, 0.2) is 18.2 Å². The van der Waals surface area contributed by atoms with Gasteiger partial charge in [0.2, 0.25) is 0 Å². The Morgan fingerprint density at radius 2 is 2.18 bits per heavy atom. The van der Waals surface area contributed by atoms with Crippen molar-refractivity contribution in [3.63, 3.8) is 0 Å². The SMILES string of the molecule is CCC(NC(=O)c1ccc(F)c(N)c1)C(=O)O. The third-order valence-corrected chi connectivity index (χ3v) is 2.27. The predicted molar refractivity (Wildman–Crippen MR) is 60.0 cm³/mol. The first-order chi connectivity index (χ1) is 7.95. The molecule has 0 saturated heterocycles. The number of hydrogen-bond donors (Lipinski definition) is 3. The van der Waals surface area contributed by atoms with Crippen LogP contribution in [-0.2, 0) is 4.79 Å². The van der Waals surface area contributed by atoms with E-state index in [1.165, 1.54) is 12.1 Å². The molecule has 0 bridgehead atoms. The zero-order chi connectivity index (χ0) is 13.0. The molecule has 0 saturated carbocycles. The molecular weight excluding hydrogens is 227 g/mol. The van der Waals surface area contributed by atoms with Gasteiger partial charge in [-0.25, -0.2) is 9.18 Å². The molecule has 0 fully saturated rings. The summed E-state index contributed by atoms with van der Waals surface area (Å²) in [5, 5.41) is 11.1. The van der Waals surface area contributed by atoms with E-state index in [4.69, 9.17) is 10.8 Å². The number of amides is 1. The number of carbonyl (C=O) groups is 2. The molecule has 17 heavy (non-hydrogen) atoms. The average molecular weight is 240 g/mol. The average Bonchev–Trinajstić information content (AvgIpc) is 2.28. The van der Waals surface area contributed by atoms with Crippen LogP contribution in [0.4, 0.5) is 10.1 Å². The van der Waals surface area contributed by atoms with Crippen LogP contribution < -0.4 is 11.1 Å². The van der Waals surface area contributed by atoms with Crippen molar-refractivity contribution in [1.82, 2.24) is 5.32 Å². The first-order valence-corrected chi connectivity index (χ1v) is 5.04. The number of anilines is 1. The molecule has 0 aliphatic rings. The molecule has 0 aliphatic heterocycles. The number of carbonyl (C=O) groups excluding carboxylic acids is 1. The van der Waals surface area contributed by atoms with E-state index < -0.39 is 23.7 Å². The van der Waals surface area contributed by atoms with Gasteiger partial charge in [0.05, 0.1) is 5.69 Å². The molecule has 1 atom stereocenters. The maximum Gasteiger partial charge on any atom is 0.326 e. The first kappa shape index (κ1) is 13.0. The smallest absolute Gasteiger partial charge is 0.326 e. The highest BCUT2D eigenvalue weighted by Gasteiger charge is 2.18. The lowest BCUT2D eigenvalue weighted by Gasteiger charge is -2.12. The van der Waals surface area contributed by atoms with Gasteiger partial charge >= 0.3 is 5.97 Å². The van der Waals surface area contributed by atoms with Crippen molar-refractivity contribution >= 4 is 17.6 Å². The number of nitrogen functional groups attached to an aromatic ring is 1. The second-order valence-corrected chi connectivity index (χ2v) is 3.51. The summed E-state index contributed by atoms with van der Waals surface area (Å²) in [4.78, 5) is 22.3. The third-order valence-electron chi connectivity index (χ3n) is 2.27. The van der Waals surface area contributed by atoms with Crippen LogP contribution in [0.5, 0.6) is 0 Å². The van der Waals surface area contributed by atoms with Gasteiger partial charge < -0.3 is 16.2 Å². The van der Waals surface area contributed by atoms with Crippen molar-refractivity contribution < 1.29 is 19.1 Å². The van der Waals surface area contributed by atoms with Crippen molar-refractivity contribution in [1.29, 1.82) is 0 Å². The van der Waals surface area contributed by atoms with Crippen molar-refractivity contribution in [2.24, 2.45) is 0 Å². The van der Waals surface area contributed by atoms with E-state index in [2.05, 4.69) is 5.32 Å². The Bertz CT molecular complexity index is 448. The molecule has 1 aromatic rings. The molecule has 1 unspecified atom stereocenters. The minimum absolute atomic E-state index is 0.128. The number of carboxylic acids is 1. The van der Waals surface area contributed by atoms with Crippen molar-refractivity contribution in [3.8, 4) is 0 Å². The monoisotopic (exact) mass is 240 g/mol. The second-order valence-electron chi connectivity index (χ2n) is 3.51. The topological polar surface area (TPSA) is 92.4 Å². The maximum absolute atomic E-state index is 12.9. The summed E-state index contributed by atoms with van der Waals surface area (Å²) in [7, 11) is 0. The maximum atomic E-state index is 12.9. The molecule has 1 aromatic carbocycles. The zero-order valence-corrected chi connectivity index (χ0v) is 9.24. The van der Waals surface area contributed by atoms with Gasteiger partial charge in [0, 0.05) is 5.56 Å². The molecule has 92 valence electrons. The second kappa shape index (κ2) is 5.29. The van der Waals surface area contributed by atoms with Crippen LogP contribution >= 0.6 is 0 Å². The van der Waals surface area contributed by atoms with Crippen LogP contribution in [-0.4, -0.2) is 23.0 Å². The van der Waals surface area contributed by atoms with Gasteiger partial charge in [0.1, 0.15) is 11.9 Å². The van der Waals surface area contributed by atoms with E-state index in [9.17, 15) is 14.0 Å². The van der Waals surface area contributed by atoms with E-state index in [-0.39, 0.29) is 17.7 Å². The molecule has 4 N–H and O–H groups in total. The lowest BCUT2D eigenvalue weighted by atomic mass is 10.1. The van der Waals surface area contributed by atoms with Crippen LogP contribution in [0, 0.1) is 5.82 Å². The minimum atomic E-state index is -1.11. The van der Waals surface area contributed by atoms with Crippen molar-refractivity contribution in [2.45, 2.75) is 19.4 Å². The fraction of sp³-hybridized carbons (Fsp3) is 0.273. The lowest BCUT2D eigenvalue weighted by Crippen LogP contribution is -2.40. The number of nitrogens with two attached hydrogens (primary N) is 1. The summed E-state index contributed by atoms with van der Waals surface area (Å²) < 4.78 is 12.9. The third kappa shape index (κ3) is 3.17. The predicted octanol–water partition coefficient (Wildman–Crippen LogP) is 1.00. The number of halogens is 1. The summed E-state index contributed by atoms with van der Waals surface area (Å²) in [6, 6.07) is 2.51. The molecule has 0 radical (unpaired) electrons. The van der Waals surface area contributed by atoms with Crippen LogP contribution in [0.3, 0.4) is 0 Å². The zero-order valence-electron chi connectivity index (χ0n) is 9.24. The normalized spacial score (nSPS) is 11.9. The Balaban J connectivity index is 2.82. The largest absolute Gasteiger partial charge is 0.480 e. The molecule has 0 aliphatic carbocycles. The summed E-state index contributed by atoms with van der Waals surface area (Å²) in [6.07, 6.45) is 0.262. The van der Waals surface area contributed by atoms with Gasteiger partial charge in [-0.15, -0.1) is 0 Å². The van der Waals surface area contributed by atoms with Crippen LogP contribution in [0.25, 0.3) is 0 Å². The summed E-state index contributed by atoms with van der Waals surface area (Å²) in [5.41, 5.74) is 5.29. The lowest BCUT2D eigenvalue weighted by molar-refractivity contribution is -0.139. The highest BCUT2D eigenvalue weighted by Crippen LogP contribution is 2.12. The Hall–Kier alpha value is -2.11. The molecule has 1 amide bonds. The number of benzene rings is 1. The Kier molecular flexibility index (Phi) is 4.03. The van der Waals surface area contributed by atoms with Crippen molar-refractivity contribution in [3.05, 3.63) is 29.6 Å². The Labute approximate surface area is 97.4 Å². The van der Waals surface area contributed by atoms with E-state index in [1.807, 2.05) is 0 Å². The number of hydrogen-bond acceptors (Lipinski definition) is 3. The highest BCUT2D eigenvalue weighted by atomic mass is 19.1. The van der Waals surface area contributed by atoms with Crippen LogP contribution in [0.1, 0.15) is 23.7 Å². The quantitative estimate of drug-likeness (QED) is 0.684. The summed E-state index contributed by atoms with van der Waals surface area (Å²) in [6.45, 7) is 1.64. The minimum Gasteiger partial charge on any atom is -0.480 e. The van der Waals surface area contributed by atoms with E-state index in [0.717, 1.165) is 6.07 Å². The fourth-order valence-corrected chi connectivity index (χ4v) is 1.26. The van der Waals surface area contributed by atoms with Crippen molar-refractivity contribution in [2.75, 3.05) is 5.73 Å². The summed E-state index contributed by atoms with van der Waals surface area (Å²) in [5.74, 6) is -2.33. The Morgan fingerprint density at radius 1 is 1.53 bits per heavy atom. The van der Waals surface area contributed by atoms with Gasteiger partial charge in [0.25, 0.3) is 5.91 Å². The molecule has 0 spiro atoms. The van der Waals surface area contributed by atoms with Crippen LogP contribution in [0.2, 0.25) is 0 Å². The standard InChI is InChI=1S/C11H13FN2O3/c1-2-9(11(16)17)14-10(15)6-3-4-7(12)8(13)5-6/h3-5,9H,2,13H2,1H3,(H,14,15)(H,16,17). The highest BCUT2D eigenvalue weighted by molar-refractivity contribution is 5.97. The molecule has 6 heteroatoms. The summed E-state index contributed by atoms with van der Waals surface area (Å²) >= 11 is 0. The van der Waals surface area contributed by atoms with Gasteiger partial charge in [-0.3, -0.25) is 4.79 Å². The molecule has 1 rings (SSSR count). The van der Waals surface area contributed by atoms with Gasteiger partial charge in [-0.2, -0.15) is 0 Å². The van der Waals surface area contributed by atoms with E-state index >= 15 is 0 Å². The number of carboxylic acid groups (broad SMARTS) is 1. The molecule has 5 nitrogen and oxygen atoms in total. The number of aliphatic carboxylic acids is 1. The molecule has 0 heterocycles. The first-order valence-electron chi connectivity index (χ1n) is 5.04. The molecule has 0 aromatic heterocycles.